The van der Waals surface area contributed by atoms with Crippen molar-refractivity contribution in [3.8, 4) is 0 Å². The summed E-state index contributed by atoms with van der Waals surface area (Å²) in [5.74, 6) is -0.938. The van der Waals surface area contributed by atoms with Crippen LogP contribution in [0.2, 0.25) is 0 Å². The van der Waals surface area contributed by atoms with Gasteiger partial charge in [0.25, 0.3) is 0 Å². The molecule has 0 saturated carbocycles. The third kappa shape index (κ3) is 52.9. The zero-order valence-corrected chi connectivity index (χ0v) is 43.4. The quantitative estimate of drug-likeness (QED) is 0.0199. The lowest BCUT2D eigenvalue weighted by Crippen LogP contribution is -2.30. The van der Waals surface area contributed by atoms with E-state index in [0.717, 1.165) is 109 Å². The van der Waals surface area contributed by atoms with E-state index in [4.69, 9.17) is 14.2 Å². The Balaban J connectivity index is 4.44. The average Bonchev–Trinajstić information content (AvgIpc) is 3.33. The molecule has 0 heterocycles. The summed E-state index contributed by atoms with van der Waals surface area (Å²) >= 11 is 0. The van der Waals surface area contributed by atoms with Crippen molar-refractivity contribution < 1.29 is 28.6 Å². The monoisotopic (exact) mass is 929 g/mol. The lowest BCUT2D eigenvalue weighted by Gasteiger charge is -2.18. The molecule has 67 heavy (non-hydrogen) atoms. The van der Waals surface area contributed by atoms with E-state index in [1.165, 1.54) is 89.9 Å². The summed E-state index contributed by atoms with van der Waals surface area (Å²) in [6, 6.07) is 0. The second-order valence-corrected chi connectivity index (χ2v) is 17.8. The second kappa shape index (κ2) is 54.7. The molecule has 0 fully saturated rings. The number of unbranched alkanes of at least 4 members (excludes halogenated alkanes) is 23. The molecule has 0 aliphatic heterocycles. The normalized spacial score (nSPS) is 12.9. The Labute approximate surface area is 412 Å². The van der Waals surface area contributed by atoms with E-state index >= 15 is 0 Å². The first-order valence-corrected chi connectivity index (χ1v) is 27.5. The maximum absolute atomic E-state index is 12.8. The van der Waals surface area contributed by atoms with Crippen molar-refractivity contribution in [2.75, 3.05) is 13.2 Å². The molecule has 0 rings (SSSR count). The van der Waals surface area contributed by atoms with Gasteiger partial charge in [-0.15, -0.1) is 0 Å². The lowest BCUT2D eigenvalue weighted by molar-refractivity contribution is -0.167. The maximum atomic E-state index is 12.8. The molecule has 0 bridgehead atoms. The van der Waals surface area contributed by atoms with Crippen molar-refractivity contribution in [3.05, 3.63) is 109 Å². The second-order valence-electron chi connectivity index (χ2n) is 17.8. The summed E-state index contributed by atoms with van der Waals surface area (Å²) in [5.41, 5.74) is 0. The fourth-order valence-electron chi connectivity index (χ4n) is 7.28. The summed E-state index contributed by atoms with van der Waals surface area (Å²) in [4.78, 5) is 38.1. The molecule has 6 nitrogen and oxygen atoms in total. The molecule has 0 N–H and O–H groups in total. The average molecular weight is 929 g/mol. The van der Waals surface area contributed by atoms with E-state index < -0.39 is 6.10 Å². The zero-order valence-electron chi connectivity index (χ0n) is 43.4. The topological polar surface area (TPSA) is 78.9 Å². The van der Waals surface area contributed by atoms with Crippen molar-refractivity contribution >= 4 is 17.9 Å². The van der Waals surface area contributed by atoms with Crippen LogP contribution in [0.1, 0.15) is 239 Å². The summed E-state index contributed by atoms with van der Waals surface area (Å²) in [6.45, 7) is 6.32. The molecule has 380 valence electrons. The van der Waals surface area contributed by atoms with E-state index in [1.807, 2.05) is 18.2 Å². The Morgan fingerprint density at radius 1 is 0.328 bits per heavy atom. The van der Waals surface area contributed by atoms with Crippen LogP contribution >= 0.6 is 0 Å². The molecule has 0 saturated heterocycles. The number of ether oxygens (including phenoxy) is 3. The molecule has 0 aromatic carbocycles. The number of carbonyl (C=O) groups excluding carboxylic acids is 3. The van der Waals surface area contributed by atoms with Gasteiger partial charge in [-0.1, -0.05) is 233 Å². The van der Waals surface area contributed by atoms with Crippen LogP contribution in [0, 0.1) is 0 Å². The minimum absolute atomic E-state index is 0.0963. The molecule has 0 aliphatic rings. The smallest absolute Gasteiger partial charge is 0.306 e. The number of allylic oxidation sites excluding steroid dienone is 18. The summed E-state index contributed by atoms with van der Waals surface area (Å²) in [7, 11) is 0. The van der Waals surface area contributed by atoms with Gasteiger partial charge >= 0.3 is 17.9 Å². The highest BCUT2D eigenvalue weighted by atomic mass is 16.6. The van der Waals surface area contributed by atoms with Crippen LogP contribution in [0.5, 0.6) is 0 Å². The Hall–Kier alpha value is -3.93. The van der Waals surface area contributed by atoms with Crippen molar-refractivity contribution in [2.45, 2.75) is 245 Å². The van der Waals surface area contributed by atoms with E-state index in [0.29, 0.717) is 19.3 Å². The molecule has 1 atom stereocenters. The van der Waals surface area contributed by atoms with Crippen molar-refractivity contribution in [3.63, 3.8) is 0 Å². The Kier molecular flexibility index (Phi) is 51.5. The van der Waals surface area contributed by atoms with Crippen LogP contribution in [0.4, 0.5) is 0 Å². The highest BCUT2D eigenvalue weighted by Gasteiger charge is 2.19. The Morgan fingerprint density at radius 3 is 1.10 bits per heavy atom. The molecule has 0 radical (unpaired) electrons. The highest BCUT2D eigenvalue weighted by molar-refractivity contribution is 5.71. The SMILES string of the molecule is CC\C=C/C=C\C=C/C=C\CCCCCCCC(=O)OC(COC(=O)CCCCCCCC/C=C\C=C/CCCCC)COC(=O)CCCCCCCCCCC/C=C\C/C=C\C/C=C\CC. The number of esters is 3. The van der Waals surface area contributed by atoms with Gasteiger partial charge in [0.05, 0.1) is 0 Å². The van der Waals surface area contributed by atoms with Crippen molar-refractivity contribution in [1.29, 1.82) is 0 Å². The van der Waals surface area contributed by atoms with Gasteiger partial charge in [-0.05, 0) is 96.3 Å². The molecular weight excluding hydrogens is 829 g/mol. The third-order valence-electron chi connectivity index (χ3n) is 11.4. The zero-order chi connectivity index (χ0) is 48.6. The summed E-state index contributed by atoms with van der Waals surface area (Å²) in [5, 5.41) is 0. The van der Waals surface area contributed by atoms with Gasteiger partial charge in [0.15, 0.2) is 6.10 Å². The first-order chi connectivity index (χ1) is 33.0. The summed E-state index contributed by atoms with van der Waals surface area (Å²) in [6.07, 6.45) is 73.5. The third-order valence-corrected chi connectivity index (χ3v) is 11.4. The Morgan fingerprint density at radius 2 is 0.657 bits per heavy atom. The van der Waals surface area contributed by atoms with E-state index in [1.54, 1.807) is 0 Å². The first-order valence-electron chi connectivity index (χ1n) is 27.5. The lowest BCUT2D eigenvalue weighted by atomic mass is 10.1. The van der Waals surface area contributed by atoms with Crippen LogP contribution in [0.3, 0.4) is 0 Å². The number of carbonyl (C=O) groups is 3. The van der Waals surface area contributed by atoms with Gasteiger partial charge in [-0.25, -0.2) is 0 Å². The van der Waals surface area contributed by atoms with Crippen LogP contribution in [0.25, 0.3) is 0 Å². The molecule has 0 aliphatic carbocycles. The van der Waals surface area contributed by atoms with Crippen molar-refractivity contribution in [2.24, 2.45) is 0 Å². The molecule has 0 spiro atoms. The fourth-order valence-corrected chi connectivity index (χ4v) is 7.28. The van der Waals surface area contributed by atoms with Gasteiger partial charge in [-0.2, -0.15) is 0 Å². The standard InChI is InChI=1S/C61H100O6/c1-4-7-10-13-16-19-22-25-28-29-30-31-34-36-39-42-45-48-51-54-60(63)66-57-58(67-61(64)55-52-49-46-43-40-37-33-27-24-21-18-15-12-9-6-3)56-65-59(62)53-50-47-44-41-38-35-32-26-23-20-17-14-11-8-5-2/h7,9-10,12,15-21,23-28,33,58H,4-6,8,11,13-14,22,29-32,34-57H2,1-3H3/b10-7-,12-9-,18-15-,19-16-,20-17-,24-21-,26-23-,28-25-,33-27-. The molecule has 0 aromatic rings. The fraction of sp³-hybridized carbons (Fsp3) is 0.656. The maximum Gasteiger partial charge on any atom is 0.306 e. The minimum Gasteiger partial charge on any atom is -0.462 e. The van der Waals surface area contributed by atoms with Crippen LogP contribution in [-0.4, -0.2) is 37.2 Å². The number of rotatable bonds is 48. The van der Waals surface area contributed by atoms with Gasteiger partial charge in [0.2, 0.25) is 0 Å². The molecule has 0 aromatic heterocycles. The molecule has 1 unspecified atom stereocenters. The summed E-state index contributed by atoms with van der Waals surface area (Å²) < 4.78 is 16.8. The minimum atomic E-state index is -0.800. The predicted molar refractivity (Wildman–Crippen MR) is 288 cm³/mol. The van der Waals surface area contributed by atoms with E-state index in [-0.39, 0.29) is 31.1 Å². The molecule has 0 amide bonds. The number of hydrogen-bond acceptors (Lipinski definition) is 6. The van der Waals surface area contributed by atoms with Crippen molar-refractivity contribution in [1.82, 2.24) is 0 Å². The number of hydrogen-bond donors (Lipinski definition) is 0. The predicted octanol–water partition coefficient (Wildman–Crippen LogP) is 18.3. The van der Waals surface area contributed by atoms with E-state index in [2.05, 4.69) is 112 Å². The molecular formula is C61H100O6. The van der Waals surface area contributed by atoms with Crippen LogP contribution in [-0.2, 0) is 28.6 Å². The van der Waals surface area contributed by atoms with Gasteiger partial charge < -0.3 is 14.2 Å². The van der Waals surface area contributed by atoms with Gasteiger partial charge in [0.1, 0.15) is 13.2 Å². The van der Waals surface area contributed by atoms with Gasteiger partial charge in [0, 0.05) is 19.3 Å². The van der Waals surface area contributed by atoms with Crippen LogP contribution in [0.15, 0.2) is 109 Å². The first kappa shape index (κ1) is 63.1. The van der Waals surface area contributed by atoms with Gasteiger partial charge in [-0.3, -0.25) is 14.4 Å². The van der Waals surface area contributed by atoms with Crippen LogP contribution < -0.4 is 0 Å². The molecule has 6 heteroatoms. The highest BCUT2D eigenvalue weighted by Crippen LogP contribution is 2.14. The largest absolute Gasteiger partial charge is 0.462 e. The van der Waals surface area contributed by atoms with E-state index in [9.17, 15) is 14.4 Å². The Bertz CT molecular complexity index is 1390.